The van der Waals surface area contributed by atoms with Crippen molar-refractivity contribution in [1.82, 2.24) is 10.2 Å². The van der Waals surface area contributed by atoms with Crippen LogP contribution in [0.25, 0.3) is 0 Å². The number of non-ortho nitro benzene ring substituents is 1. The molecule has 0 aliphatic rings. The predicted octanol–water partition coefficient (Wildman–Crippen LogP) is 6.15. The standard InChI is InChI=1S/C29H32BrN3O4S/c1-29(2,3)31-28(35)26(17-21-8-5-4-6-9-21)32(18-23-10-7-11-24(30)16-23)27(34)20-38-19-22-12-14-25(15-13-22)33(36)37/h4-16,26H,17-20H2,1-3H3,(H,31,35). The lowest BCUT2D eigenvalue weighted by Crippen LogP contribution is -2.54. The maximum Gasteiger partial charge on any atom is 0.269 e. The lowest BCUT2D eigenvalue weighted by atomic mass is 10.0. The monoisotopic (exact) mass is 597 g/mol. The molecule has 3 rings (SSSR count). The Morgan fingerprint density at radius 3 is 2.24 bits per heavy atom. The van der Waals surface area contributed by atoms with Gasteiger partial charge in [-0.05, 0) is 49.6 Å². The predicted molar refractivity (Wildman–Crippen MR) is 156 cm³/mol. The van der Waals surface area contributed by atoms with Gasteiger partial charge in [0.05, 0.1) is 10.7 Å². The van der Waals surface area contributed by atoms with Gasteiger partial charge in [-0.25, -0.2) is 0 Å². The highest BCUT2D eigenvalue weighted by molar-refractivity contribution is 9.10. The molecule has 9 heteroatoms. The fraction of sp³-hybridized carbons (Fsp3) is 0.310. The first-order valence-corrected chi connectivity index (χ1v) is 14.2. The van der Waals surface area contributed by atoms with E-state index in [9.17, 15) is 19.7 Å². The van der Waals surface area contributed by atoms with E-state index in [1.165, 1.54) is 23.9 Å². The molecule has 0 radical (unpaired) electrons. The Bertz CT molecular complexity index is 1250. The number of nitro groups is 1. The zero-order valence-electron chi connectivity index (χ0n) is 21.7. The van der Waals surface area contributed by atoms with E-state index in [0.29, 0.717) is 12.2 Å². The van der Waals surface area contributed by atoms with Gasteiger partial charge in [-0.2, -0.15) is 0 Å². The molecule has 0 spiro atoms. The highest BCUT2D eigenvalue weighted by atomic mass is 79.9. The first-order valence-electron chi connectivity index (χ1n) is 12.2. The number of nitrogens with one attached hydrogen (secondary N) is 1. The molecule has 0 aliphatic heterocycles. The summed E-state index contributed by atoms with van der Waals surface area (Å²) in [5.41, 5.74) is 2.34. The molecule has 0 bridgehead atoms. The van der Waals surface area contributed by atoms with Crippen LogP contribution in [0.4, 0.5) is 5.69 Å². The summed E-state index contributed by atoms with van der Waals surface area (Å²) in [6.45, 7) is 6.05. The summed E-state index contributed by atoms with van der Waals surface area (Å²) in [7, 11) is 0. The number of amides is 2. The van der Waals surface area contributed by atoms with E-state index in [1.807, 2.05) is 75.4 Å². The van der Waals surface area contributed by atoms with Crippen molar-refractivity contribution < 1.29 is 14.5 Å². The average molecular weight is 599 g/mol. The Morgan fingerprint density at radius 1 is 0.974 bits per heavy atom. The van der Waals surface area contributed by atoms with Crippen molar-refractivity contribution in [2.24, 2.45) is 0 Å². The molecule has 7 nitrogen and oxygen atoms in total. The summed E-state index contributed by atoms with van der Waals surface area (Å²) in [5.74, 6) is 0.331. The van der Waals surface area contributed by atoms with Crippen molar-refractivity contribution in [3.8, 4) is 0 Å². The summed E-state index contributed by atoms with van der Waals surface area (Å²) in [5, 5.41) is 14.0. The van der Waals surface area contributed by atoms with Crippen molar-refractivity contribution in [3.63, 3.8) is 0 Å². The number of carbonyl (C=O) groups excluding carboxylic acids is 2. The number of halogens is 1. The number of hydrogen-bond acceptors (Lipinski definition) is 5. The van der Waals surface area contributed by atoms with E-state index < -0.39 is 16.5 Å². The number of hydrogen-bond donors (Lipinski definition) is 1. The first kappa shape index (κ1) is 29.4. The minimum atomic E-state index is -0.705. The molecule has 0 saturated carbocycles. The van der Waals surface area contributed by atoms with Gasteiger partial charge in [-0.3, -0.25) is 19.7 Å². The van der Waals surface area contributed by atoms with Crippen LogP contribution in [0.15, 0.2) is 83.3 Å². The second-order valence-electron chi connectivity index (χ2n) is 10.0. The SMILES string of the molecule is CC(C)(C)NC(=O)C(Cc1ccccc1)N(Cc1cccc(Br)c1)C(=O)CSCc1ccc([N+](=O)[O-])cc1. The second kappa shape index (κ2) is 13.6. The average Bonchev–Trinajstić information content (AvgIpc) is 2.86. The minimum Gasteiger partial charge on any atom is -0.350 e. The van der Waals surface area contributed by atoms with E-state index in [-0.39, 0.29) is 29.8 Å². The third kappa shape index (κ3) is 9.29. The highest BCUT2D eigenvalue weighted by Gasteiger charge is 2.32. The van der Waals surface area contributed by atoms with Crippen LogP contribution in [0.5, 0.6) is 0 Å². The lowest BCUT2D eigenvalue weighted by molar-refractivity contribution is -0.384. The molecule has 0 heterocycles. The van der Waals surface area contributed by atoms with Gasteiger partial charge >= 0.3 is 0 Å². The van der Waals surface area contributed by atoms with Crippen LogP contribution in [0, 0.1) is 10.1 Å². The smallest absolute Gasteiger partial charge is 0.269 e. The Hall–Kier alpha value is -3.17. The number of benzene rings is 3. The number of nitrogens with zero attached hydrogens (tertiary/aromatic N) is 2. The molecule has 1 N–H and O–H groups in total. The molecule has 3 aromatic carbocycles. The molecule has 0 aliphatic carbocycles. The van der Waals surface area contributed by atoms with Gasteiger partial charge in [0.2, 0.25) is 11.8 Å². The fourth-order valence-corrected chi connectivity index (χ4v) is 5.21. The molecule has 2 amide bonds. The second-order valence-corrected chi connectivity index (χ2v) is 11.9. The van der Waals surface area contributed by atoms with E-state index in [4.69, 9.17) is 0 Å². The zero-order chi connectivity index (χ0) is 27.7. The molecule has 1 unspecified atom stereocenters. The molecule has 0 saturated heterocycles. The molecule has 1 atom stereocenters. The Kier molecular flexibility index (Phi) is 10.5. The quantitative estimate of drug-likeness (QED) is 0.211. The van der Waals surface area contributed by atoms with Gasteiger partial charge < -0.3 is 10.2 Å². The van der Waals surface area contributed by atoms with Crippen molar-refractivity contribution in [2.45, 2.75) is 51.1 Å². The minimum absolute atomic E-state index is 0.0311. The summed E-state index contributed by atoms with van der Waals surface area (Å²) in [6, 6.07) is 23.0. The molecule has 200 valence electrons. The number of rotatable bonds is 11. The number of nitro benzene ring substituents is 1. The normalized spacial score (nSPS) is 12.0. The summed E-state index contributed by atoms with van der Waals surface area (Å²) in [4.78, 5) is 39.4. The number of thioether (sulfide) groups is 1. The largest absolute Gasteiger partial charge is 0.350 e. The molecule has 0 fully saturated rings. The van der Waals surface area contributed by atoms with Gasteiger partial charge in [0.1, 0.15) is 6.04 Å². The maximum absolute atomic E-state index is 13.7. The van der Waals surface area contributed by atoms with E-state index in [2.05, 4.69) is 21.2 Å². The van der Waals surface area contributed by atoms with E-state index in [1.54, 1.807) is 17.0 Å². The van der Waals surface area contributed by atoms with Crippen LogP contribution in [0.3, 0.4) is 0 Å². The zero-order valence-corrected chi connectivity index (χ0v) is 24.1. The van der Waals surface area contributed by atoms with Crippen LogP contribution in [-0.2, 0) is 28.3 Å². The van der Waals surface area contributed by atoms with Crippen molar-refractivity contribution >= 4 is 45.2 Å². The lowest BCUT2D eigenvalue weighted by Gasteiger charge is -2.34. The van der Waals surface area contributed by atoms with Gasteiger partial charge in [-0.1, -0.05) is 70.5 Å². The first-order chi connectivity index (χ1) is 18.0. The molecular formula is C29H32BrN3O4S. The maximum atomic E-state index is 13.7. The summed E-state index contributed by atoms with van der Waals surface area (Å²) >= 11 is 4.92. The Morgan fingerprint density at radius 2 is 1.63 bits per heavy atom. The van der Waals surface area contributed by atoms with Crippen molar-refractivity contribution in [3.05, 3.63) is 110 Å². The van der Waals surface area contributed by atoms with E-state index >= 15 is 0 Å². The van der Waals surface area contributed by atoms with Crippen LogP contribution in [-0.4, -0.2) is 39.0 Å². The van der Waals surface area contributed by atoms with Crippen molar-refractivity contribution in [1.29, 1.82) is 0 Å². The van der Waals surface area contributed by atoms with Gasteiger partial charge in [-0.15, -0.1) is 11.8 Å². The number of carbonyl (C=O) groups is 2. The third-order valence-corrected chi connectivity index (χ3v) is 7.13. The Balaban J connectivity index is 1.84. The molecule has 3 aromatic rings. The topological polar surface area (TPSA) is 92.6 Å². The molecule has 0 aromatic heterocycles. The third-order valence-electron chi connectivity index (χ3n) is 5.65. The molecular weight excluding hydrogens is 566 g/mol. The van der Waals surface area contributed by atoms with Crippen molar-refractivity contribution in [2.75, 3.05) is 5.75 Å². The highest BCUT2D eigenvalue weighted by Crippen LogP contribution is 2.21. The van der Waals surface area contributed by atoms with Gasteiger partial charge in [0.15, 0.2) is 0 Å². The van der Waals surface area contributed by atoms with E-state index in [0.717, 1.165) is 21.2 Å². The van der Waals surface area contributed by atoms with Crippen LogP contribution in [0.1, 0.15) is 37.5 Å². The van der Waals surface area contributed by atoms with Crippen LogP contribution in [0.2, 0.25) is 0 Å². The summed E-state index contributed by atoms with van der Waals surface area (Å²) < 4.78 is 0.897. The summed E-state index contributed by atoms with van der Waals surface area (Å²) in [6.07, 6.45) is 0.384. The Labute approximate surface area is 236 Å². The van der Waals surface area contributed by atoms with Crippen LogP contribution < -0.4 is 5.32 Å². The van der Waals surface area contributed by atoms with Gasteiger partial charge in [0.25, 0.3) is 5.69 Å². The molecule has 38 heavy (non-hydrogen) atoms. The van der Waals surface area contributed by atoms with Crippen LogP contribution >= 0.6 is 27.7 Å². The fourth-order valence-electron chi connectivity index (χ4n) is 3.89. The van der Waals surface area contributed by atoms with Gasteiger partial charge in [0, 0.05) is 40.9 Å².